The fourth-order valence-corrected chi connectivity index (χ4v) is 5.05. The normalized spacial score (nSPS) is 12.5. The second-order valence-electron chi connectivity index (χ2n) is 7.93. The van der Waals surface area contributed by atoms with Gasteiger partial charge in [0, 0.05) is 0 Å². The SMILES string of the molecule is N.N.N.N.N.N.O=S(=O)(O)OOS(=O)(=O)O.O=S(=O)(O)OOS(=O)(=O)O.O=S(=O)(O)OOS(=O)(=O)O.O=S(=O)(O)OOS(=O)(=O)O.O=S(=O)(O)OOS(=O)(=O)O.O=S(=O)(O)OOS(=O)(=O)O.O=S(=O)(O)OOS(=O)(=O)O.O=S(=O)(O)OOS(=O)(=O)O. The van der Waals surface area contributed by atoms with Gasteiger partial charge in [0.2, 0.25) is 0 Å². The van der Waals surface area contributed by atoms with Crippen LogP contribution in [0.4, 0.5) is 0 Å². The van der Waals surface area contributed by atoms with Crippen LogP contribution in [0.3, 0.4) is 0 Å². The maximum atomic E-state index is 9.51. The van der Waals surface area contributed by atoms with Crippen LogP contribution in [0.25, 0.3) is 0 Å². The molecule has 0 saturated heterocycles. The molecular weight excluding hydrogens is 1620 g/mol. The summed E-state index contributed by atoms with van der Waals surface area (Å²) in [5.41, 5.74) is 0. The van der Waals surface area contributed by atoms with Gasteiger partial charge in [-0.2, -0.15) is 135 Å². The van der Waals surface area contributed by atoms with Gasteiger partial charge in [-0.05, 0) is 0 Å². The Morgan fingerprint density at radius 1 is 0.105 bits per heavy atom. The van der Waals surface area contributed by atoms with E-state index in [1.54, 1.807) is 0 Å². The molecule has 544 valence electrons. The number of rotatable bonds is 24. The van der Waals surface area contributed by atoms with Gasteiger partial charge in [-0.3, -0.25) is 72.8 Å². The van der Waals surface area contributed by atoms with Gasteiger partial charge in [0.05, 0.1) is 0 Å². The molecule has 0 bridgehead atoms. The van der Waals surface area contributed by atoms with E-state index in [1.807, 2.05) is 0 Å². The monoisotopic (exact) mass is 1650 g/mol. The first kappa shape index (κ1) is 118. The molecule has 0 aliphatic heterocycles. The first-order valence-corrected chi connectivity index (χ1v) is 34.1. The highest BCUT2D eigenvalue weighted by molar-refractivity contribution is 7.86. The number of hydrogen-bond acceptors (Lipinski definition) is 54. The van der Waals surface area contributed by atoms with E-state index in [-0.39, 0.29) is 36.9 Å². The van der Waals surface area contributed by atoms with Crippen molar-refractivity contribution in [2.45, 2.75) is 0 Å². The van der Waals surface area contributed by atoms with Crippen LogP contribution in [0.15, 0.2) is 0 Å². The van der Waals surface area contributed by atoms with Crippen LogP contribution in [0.2, 0.25) is 0 Å². The van der Waals surface area contributed by atoms with Crippen molar-refractivity contribution in [3.8, 4) is 0 Å². The third-order valence-electron chi connectivity index (χ3n) is 1.60. The lowest BCUT2D eigenvalue weighted by Crippen LogP contribution is -2.10. The Hall–Kier alpha value is -2.32. The Kier molecular flexibility index (Phi) is 62.8. The van der Waals surface area contributed by atoms with Crippen molar-refractivity contribution >= 4 is 166 Å². The Bertz CT molecular complexity index is 2750. The van der Waals surface area contributed by atoms with Crippen LogP contribution in [0.5, 0.6) is 0 Å². The quantitative estimate of drug-likeness (QED) is 0.0242. The highest BCUT2D eigenvalue weighted by Gasteiger charge is 2.18. The molecule has 0 fully saturated rings. The Morgan fingerprint density at radius 2 is 0.128 bits per heavy atom. The van der Waals surface area contributed by atoms with Crippen LogP contribution in [-0.2, 0) is 236 Å². The molecular formula is H34N6O64S16. The zero-order valence-corrected chi connectivity index (χ0v) is 50.6. The summed E-state index contributed by atoms with van der Waals surface area (Å²) in [5.74, 6) is 0. The lowest BCUT2D eigenvalue weighted by molar-refractivity contribution is -0.105. The molecule has 34 N–H and O–H groups in total. The second-order valence-corrected chi connectivity index (χ2v) is 23.8. The molecule has 0 saturated carbocycles. The van der Waals surface area contributed by atoms with Gasteiger partial charge in [-0.1, -0.05) is 69.3 Å². The molecule has 0 unspecified atom stereocenters. The zero-order chi connectivity index (χ0) is 67.3. The lowest BCUT2D eigenvalue weighted by atomic mass is 14.0. The molecule has 0 aliphatic rings. The van der Waals surface area contributed by atoms with Crippen molar-refractivity contribution in [3.63, 3.8) is 0 Å². The molecule has 0 atom stereocenters. The van der Waals surface area contributed by atoms with E-state index in [1.165, 1.54) is 0 Å². The van der Waals surface area contributed by atoms with E-state index in [9.17, 15) is 135 Å². The van der Waals surface area contributed by atoms with Crippen molar-refractivity contribution in [3.05, 3.63) is 0 Å². The summed E-state index contributed by atoms with van der Waals surface area (Å²) in [7, 11) is -80.3. The van der Waals surface area contributed by atoms with Crippen LogP contribution in [0.1, 0.15) is 0 Å². The van der Waals surface area contributed by atoms with E-state index in [4.69, 9.17) is 72.8 Å². The van der Waals surface area contributed by atoms with E-state index in [2.05, 4.69) is 69.3 Å². The second kappa shape index (κ2) is 45.9. The van der Waals surface area contributed by atoms with Crippen molar-refractivity contribution < 1.29 is 277 Å². The fourth-order valence-electron chi connectivity index (χ4n) is 0.562. The minimum atomic E-state index is -5.02. The third-order valence-corrected chi connectivity index (χ3v) is 6.13. The molecule has 0 amide bonds. The van der Waals surface area contributed by atoms with Crippen LogP contribution in [-0.4, -0.2) is 208 Å². The summed E-state index contributed by atoms with van der Waals surface area (Å²) in [6.07, 6.45) is 0. The molecule has 86 heavy (non-hydrogen) atoms. The largest absolute Gasteiger partial charge is 0.425 e. The van der Waals surface area contributed by atoms with E-state index < -0.39 is 166 Å². The topological polar surface area (TPSA) is 1230 Å². The van der Waals surface area contributed by atoms with Crippen LogP contribution in [0, 0.1) is 0 Å². The van der Waals surface area contributed by atoms with E-state index in [0.29, 0.717) is 0 Å². The Morgan fingerprint density at radius 3 is 0.140 bits per heavy atom. The van der Waals surface area contributed by atoms with Crippen molar-refractivity contribution in [2.24, 2.45) is 0 Å². The van der Waals surface area contributed by atoms with Gasteiger partial charge in [-0.25, -0.2) is 0 Å². The summed E-state index contributed by atoms with van der Waals surface area (Å²) < 4.78 is 471. The maximum absolute atomic E-state index is 9.51. The van der Waals surface area contributed by atoms with Crippen molar-refractivity contribution in [2.75, 3.05) is 0 Å². The van der Waals surface area contributed by atoms with Crippen molar-refractivity contribution in [1.29, 1.82) is 0 Å². The first-order valence-electron chi connectivity index (χ1n) is 12.3. The lowest BCUT2D eigenvalue weighted by Gasteiger charge is -1.92. The molecule has 0 spiro atoms. The molecule has 0 radical (unpaired) electrons. The van der Waals surface area contributed by atoms with E-state index in [0.717, 1.165) is 0 Å². The van der Waals surface area contributed by atoms with Gasteiger partial charge in [-0.15, -0.1) is 0 Å². The summed E-state index contributed by atoms with van der Waals surface area (Å²) in [4.78, 5) is 0. The third kappa shape index (κ3) is 185. The molecule has 70 nitrogen and oxygen atoms in total. The van der Waals surface area contributed by atoms with Gasteiger partial charge < -0.3 is 36.9 Å². The van der Waals surface area contributed by atoms with Crippen LogP contribution < -0.4 is 36.9 Å². The molecule has 0 aliphatic carbocycles. The number of hydrogen-bond donors (Lipinski definition) is 22. The van der Waals surface area contributed by atoms with Gasteiger partial charge >= 0.3 is 166 Å². The summed E-state index contributed by atoms with van der Waals surface area (Å²) in [6, 6.07) is 0. The van der Waals surface area contributed by atoms with Crippen LogP contribution >= 0.6 is 0 Å². The molecule has 0 aromatic rings. The van der Waals surface area contributed by atoms with Gasteiger partial charge in [0.15, 0.2) is 0 Å². The summed E-state index contributed by atoms with van der Waals surface area (Å²) in [5, 5.41) is 0. The molecule has 0 rings (SSSR count). The Labute approximate surface area is 477 Å². The van der Waals surface area contributed by atoms with Crippen molar-refractivity contribution in [1.82, 2.24) is 36.9 Å². The summed E-state index contributed by atoms with van der Waals surface area (Å²) in [6.45, 7) is 0. The molecule has 0 aromatic carbocycles. The fraction of sp³-hybridized carbons (Fsp3) is 0. The average Bonchev–Trinajstić information content (AvgIpc) is 3.09. The maximum Gasteiger partial charge on any atom is 0.425 e. The average molecular weight is 1660 g/mol. The zero-order valence-electron chi connectivity index (χ0n) is 37.5. The minimum absolute atomic E-state index is 0. The smallest absolute Gasteiger partial charge is 0.344 e. The molecule has 86 heteroatoms. The highest BCUT2D eigenvalue weighted by atomic mass is 32.3. The minimum Gasteiger partial charge on any atom is -0.344 e. The standard InChI is InChI=1S/6H3N.8H2O8S2/c;;;;;;8*1-9(2,3)7-8-10(4,5)6/h6*1H3;8*(H,1,2,3)(H,4,5,6). The van der Waals surface area contributed by atoms with Gasteiger partial charge in [0.25, 0.3) is 0 Å². The molecule has 0 heterocycles. The molecule has 0 aromatic heterocycles. The first-order chi connectivity index (χ1) is 33.7. The Balaban J connectivity index is -0.0000000568. The van der Waals surface area contributed by atoms with E-state index >= 15 is 0 Å². The summed E-state index contributed by atoms with van der Waals surface area (Å²) >= 11 is 0. The predicted molar refractivity (Wildman–Crippen MR) is 232 cm³/mol. The predicted octanol–water partition coefficient (Wildman–Crippen LogP) is -10.7. The van der Waals surface area contributed by atoms with Gasteiger partial charge in [0.1, 0.15) is 0 Å². The highest BCUT2D eigenvalue weighted by Crippen LogP contribution is 1.97.